The smallest absolute Gasteiger partial charge is 0.226 e. The largest absolute Gasteiger partial charge is 0.338 e. The molecule has 2 saturated heterocycles. The van der Waals surface area contributed by atoms with E-state index in [0.717, 1.165) is 37.9 Å². The molecule has 0 bridgehead atoms. The highest BCUT2D eigenvalue weighted by Crippen LogP contribution is 2.26. The van der Waals surface area contributed by atoms with Crippen molar-refractivity contribution in [2.75, 3.05) is 31.1 Å². The van der Waals surface area contributed by atoms with Gasteiger partial charge >= 0.3 is 0 Å². The fourth-order valence-electron chi connectivity index (χ4n) is 3.95. The van der Waals surface area contributed by atoms with E-state index in [0.29, 0.717) is 18.8 Å². The second kappa shape index (κ2) is 7.45. The first-order valence-electron chi connectivity index (χ1n) is 9.08. The first-order chi connectivity index (χ1) is 11.9. The van der Waals surface area contributed by atoms with E-state index in [2.05, 4.69) is 10.00 Å². The van der Waals surface area contributed by atoms with Crippen molar-refractivity contribution in [1.82, 2.24) is 19.6 Å². The SMILES string of the molecule is CCN(Cc1cnn(C)c1)C(=O)C1CCN(C2CCS(=O)(=O)C2)CC1. The van der Waals surface area contributed by atoms with Gasteiger partial charge in [-0.2, -0.15) is 5.10 Å². The standard InChI is InChI=1S/C17H28N4O3S/c1-3-20(12-14-10-18-19(2)11-14)17(22)15-4-7-21(8-5-15)16-6-9-25(23,24)13-16/h10-11,15-16H,3-9,12-13H2,1-2H3. The van der Waals surface area contributed by atoms with E-state index in [-0.39, 0.29) is 23.6 Å². The van der Waals surface area contributed by atoms with Gasteiger partial charge in [-0.25, -0.2) is 8.42 Å². The molecule has 3 rings (SSSR count). The molecule has 0 N–H and O–H groups in total. The molecule has 1 amide bonds. The molecule has 0 saturated carbocycles. The summed E-state index contributed by atoms with van der Waals surface area (Å²) < 4.78 is 25.1. The van der Waals surface area contributed by atoms with Crippen LogP contribution in [0.2, 0.25) is 0 Å². The highest BCUT2D eigenvalue weighted by Gasteiger charge is 2.36. The average Bonchev–Trinajstić information content (AvgIpc) is 3.17. The molecule has 1 aromatic rings. The number of aromatic nitrogens is 2. The number of likely N-dealkylation sites (tertiary alicyclic amines) is 1. The number of nitrogens with zero attached hydrogens (tertiary/aromatic N) is 4. The third-order valence-electron chi connectivity index (χ3n) is 5.43. The van der Waals surface area contributed by atoms with Gasteiger partial charge in [-0.15, -0.1) is 0 Å². The van der Waals surface area contributed by atoms with Gasteiger partial charge in [0.1, 0.15) is 0 Å². The molecule has 2 aliphatic heterocycles. The molecule has 3 heterocycles. The Bertz CT molecular complexity index is 707. The van der Waals surface area contributed by atoms with Crippen LogP contribution in [-0.4, -0.2) is 71.1 Å². The molecule has 2 aliphatic rings. The van der Waals surface area contributed by atoms with Crippen molar-refractivity contribution in [2.45, 2.75) is 38.8 Å². The summed E-state index contributed by atoms with van der Waals surface area (Å²) in [6.45, 7) is 4.94. The van der Waals surface area contributed by atoms with E-state index < -0.39 is 9.84 Å². The molecular formula is C17H28N4O3S. The van der Waals surface area contributed by atoms with Crippen LogP contribution in [0.15, 0.2) is 12.4 Å². The zero-order valence-corrected chi connectivity index (χ0v) is 15.9. The van der Waals surface area contributed by atoms with Gasteiger partial charge in [-0.05, 0) is 39.3 Å². The van der Waals surface area contributed by atoms with E-state index in [9.17, 15) is 13.2 Å². The molecule has 1 aromatic heterocycles. The Kier molecular flexibility index (Phi) is 5.48. The van der Waals surface area contributed by atoms with Gasteiger partial charge in [0.25, 0.3) is 0 Å². The normalized spacial score (nSPS) is 24.5. The summed E-state index contributed by atoms with van der Waals surface area (Å²) in [5, 5.41) is 4.16. The van der Waals surface area contributed by atoms with Crippen molar-refractivity contribution < 1.29 is 13.2 Å². The van der Waals surface area contributed by atoms with Crippen LogP contribution in [0, 0.1) is 5.92 Å². The lowest BCUT2D eigenvalue weighted by molar-refractivity contribution is -0.137. The molecule has 1 atom stereocenters. The van der Waals surface area contributed by atoms with E-state index in [1.54, 1.807) is 10.9 Å². The Labute approximate surface area is 149 Å². The Morgan fingerprint density at radius 2 is 2.04 bits per heavy atom. The van der Waals surface area contributed by atoms with Crippen LogP contribution in [-0.2, 0) is 28.2 Å². The molecular weight excluding hydrogens is 340 g/mol. The van der Waals surface area contributed by atoms with Gasteiger partial charge in [-0.1, -0.05) is 0 Å². The number of amides is 1. The third-order valence-corrected chi connectivity index (χ3v) is 7.18. The summed E-state index contributed by atoms with van der Waals surface area (Å²) in [5.41, 5.74) is 1.05. The number of hydrogen-bond donors (Lipinski definition) is 0. The van der Waals surface area contributed by atoms with E-state index in [1.807, 2.05) is 25.1 Å². The minimum Gasteiger partial charge on any atom is -0.338 e. The zero-order chi connectivity index (χ0) is 18.0. The highest BCUT2D eigenvalue weighted by atomic mass is 32.2. The molecule has 7 nitrogen and oxygen atoms in total. The number of carbonyl (C=O) groups is 1. The van der Waals surface area contributed by atoms with Crippen LogP contribution in [0.25, 0.3) is 0 Å². The molecule has 2 fully saturated rings. The Morgan fingerprint density at radius 3 is 2.56 bits per heavy atom. The summed E-state index contributed by atoms with van der Waals surface area (Å²) in [5.74, 6) is 0.856. The third kappa shape index (κ3) is 4.41. The molecule has 0 spiro atoms. The van der Waals surface area contributed by atoms with E-state index in [1.165, 1.54) is 0 Å². The maximum absolute atomic E-state index is 12.9. The topological polar surface area (TPSA) is 75.5 Å². The van der Waals surface area contributed by atoms with Crippen molar-refractivity contribution in [3.63, 3.8) is 0 Å². The number of carbonyl (C=O) groups excluding carboxylic acids is 1. The van der Waals surface area contributed by atoms with Gasteiger partial charge in [0.2, 0.25) is 5.91 Å². The van der Waals surface area contributed by atoms with Crippen LogP contribution in [0.1, 0.15) is 31.7 Å². The molecule has 0 radical (unpaired) electrons. The lowest BCUT2D eigenvalue weighted by Gasteiger charge is -2.36. The molecule has 0 aliphatic carbocycles. The maximum Gasteiger partial charge on any atom is 0.226 e. The van der Waals surface area contributed by atoms with E-state index >= 15 is 0 Å². The number of rotatable bonds is 5. The van der Waals surface area contributed by atoms with Crippen LogP contribution < -0.4 is 0 Å². The fourth-order valence-corrected chi connectivity index (χ4v) is 5.71. The summed E-state index contributed by atoms with van der Waals surface area (Å²) in [4.78, 5) is 17.0. The first kappa shape index (κ1) is 18.4. The summed E-state index contributed by atoms with van der Waals surface area (Å²) in [6, 6.07) is 0.152. The van der Waals surface area contributed by atoms with Crippen molar-refractivity contribution >= 4 is 15.7 Å². The number of sulfone groups is 1. The lowest BCUT2D eigenvalue weighted by atomic mass is 9.94. The first-order valence-corrected chi connectivity index (χ1v) is 10.9. The second-order valence-corrected chi connectivity index (χ2v) is 9.47. The quantitative estimate of drug-likeness (QED) is 0.763. The monoisotopic (exact) mass is 368 g/mol. The van der Waals surface area contributed by atoms with Gasteiger partial charge < -0.3 is 4.90 Å². The zero-order valence-electron chi connectivity index (χ0n) is 15.1. The van der Waals surface area contributed by atoms with E-state index in [4.69, 9.17) is 0 Å². The summed E-state index contributed by atoms with van der Waals surface area (Å²) >= 11 is 0. The van der Waals surface area contributed by atoms with Crippen molar-refractivity contribution in [2.24, 2.45) is 13.0 Å². The second-order valence-electron chi connectivity index (χ2n) is 7.24. The van der Waals surface area contributed by atoms with Gasteiger partial charge in [0.05, 0.1) is 17.7 Å². The Balaban J connectivity index is 1.53. The predicted octanol–water partition coefficient (Wildman–Crippen LogP) is 0.668. The van der Waals surface area contributed by atoms with Crippen LogP contribution >= 0.6 is 0 Å². The molecule has 25 heavy (non-hydrogen) atoms. The maximum atomic E-state index is 12.9. The van der Waals surface area contributed by atoms with Crippen LogP contribution in [0.3, 0.4) is 0 Å². The summed E-state index contributed by atoms with van der Waals surface area (Å²) in [7, 11) is -0.974. The molecule has 8 heteroatoms. The Morgan fingerprint density at radius 1 is 1.32 bits per heavy atom. The van der Waals surface area contributed by atoms with Gasteiger partial charge in [0.15, 0.2) is 9.84 Å². The van der Waals surface area contributed by atoms with Crippen LogP contribution in [0.4, 0.5) is 0 Å². The minimum atomic E-state index is -2.85. The average molecular weight is 369 g/mol. The molecule has 140 valence electrons. The molecule has 0 aromatic carbocycles. The number of piperidine rings is 1. The lowest BCUT2D eigenvalue weighted by Crippen LogP contribution is -2.46. The summed E-state index contributed by atoms with van der Waals surface area (Å²) in [6.07, 6.45) is 6.12. The number of hydrogen-bond acceptors (Lipinski definition) is 5. The predicted molar refractivity (Wildman–Crippen MR) is 95.7 cm³/mol. The van der Waals surface area contributed by atoms with Gasteiger partial charge in [0, 0.05) is 43.9 Å². The van der Waals surface area contributed by atoms with Crippen molar-refractivity contribution in [1.29, 1.82) is 0 Å². The van der Waals surface area contributed by atoms with Crippen molar-refractivity contribution in [3.05, 3.63) is 18.0 Å². The highest BCUT2D eigenvalue weighted by molar-refractivity contribution is 7.91. The minimum absolute atomic E-state index is 0.0471. The fraction of sp³-hybridized carbons (Fsp3) is 0.765. The van der Waals surface area contributed by atoms with Gasteiger partial charge in [-0.3, -0.25) is 14.4 Å². The Hall–Kier alpha value is -1.41. The molecule has 1 unspecified atom stereocenters. The van der Waals surface area contributed by atoms with Crippen molar-refractivity contribution in [3.8, 4) is 0 Å². The van der Waals surface area contributed by atoms with Crippen LogP contribution in [0.5, 0.6) is 0 Å². The number of aryl methyl sites for hydroxylation is 1.